The fourth-order valence-corrected chi connectivity index (χ4v) is 6.35. The summed E-state index contributed by atoms with van der Waals surface area (Å²) in [4.78, 5) is 14.2. The molecule has 1 heterocycles. The van der Waals surface area contributed by atoms with Crippen LogP contribution >= 0.6 is 0 Å². The number of benzene rings is 1. The third kappa shape index (κ3) is 4.09. The highest BCUT2D eigenvalue weighted by atomic mass is 32.2. The predicted molar refractivity (Wildman–Crippen MR) is 105 cm³/mol. The second-order valence-electron chi connectivity index (χ2n) is 8.56. The Hall–Kier alpha value is -1.51. The molecule has 0 spiro atoms. The first kappa shape index (κ1) is 21.2. The van der Waals surface area contributed by atoms with Crippen molar-refractivity contribution < 1.29 is 17.6 Å². The number of likely N-dealkylation sites (N-methyl/N-ethyl adjacent to an activating group) is 1. The molecule has 1 aliphatic heterocycles. The Labute approximate surface area is 166 Å². The number of hydrogen-bond donors (Lipinski definition) is 1. The SMILES string of the molecule is CC(C)C[C@@H](C(N)=O)N(C)[C@@H]1CC[C@H]2CN(S(=O)(=O)c3ccc(F)cc3)C[C@H]21. The van der Waals surface area contributed by atoms with Crippen LogP contribution in [-0.4, -0.2) is 55.8 Å². The van der Waals surface area contributed by atoms with Gasteiger partial charge in [0.25, 0.3) is 0 Å². The number of hydrogen-bond acceptors (Lipinski definition) is 4. The highest BCUT2D eigenvalue weighted by molar-refractivity contribution is 7.89. The summed E-state index contributed by atoms with van der Waals surface area (Å²) >= 11 is 0. The Morgan fingerprint density at radius 3 is 2.46 bits per heavy atom. The van der Waals surface area contributed by atoms with Crippen LogP contribution in [0, 0.1) is 23.6 Å². The lowest BCUT2D eigenvalue weighted by atomic mass is 9.94. The van der Waals surface area contributed by atoms with E-state index >= 15 is 0 Å². The van der Waals surface area contributed by atoms with E-state index in [1.54, 1.807) is 0 Å². The van der Waals surface area contributed by atoms with Crippen LogP contribution in [0.4, 0.5) is 4.39 Å². The number of rotatable bonds is 7. The Kier molecular flexibility index (Phi) is 6.12. The van der Waals surface area contributed by atoms with E-state index in [1.165, 1.54) is 28.6 Å². The number of carbonyl (C=O) groups excluding carboxylic acids is 1. The van der Waals surface area contributed by atoms with Crippen LogP contribution in [0.5, 0.6) is 0 Å². The minimum atomic E-state index is -3.65. The summed E-state index contributed by atoms with van der Waals surface area (Å²) in [6.07, 6.45) is 2.57. The van der Waals surface area contributed by atoms with Gasteiger partial charge in [-0.05, 0) is 68.3 Å². The molecule has 8 heteroatoms. The van der Waals surface area contributed by atoms with E-state index in [9.17, 15) is 17.6 Å². The Morgan fingerprint density at radius 1 is 1.25 bits per heavy atom. The second-order valence-corrected chi connectivity index (χ2v) is 10.5. The van der Waals surface area contributed by atoms with Crippen molar-refractivity contribution in [3.8, 4) is 0 Å². The molecule has 4 atom stereocenters. The van der Waals surface area contributed by atoms with Crippen molar-refractivity contribution in [2.24, 2.45) is 23.5 Å². The van der Waals surface area contributed by atoms with Crippen LogP contribution < -0.4 is 5.73 Å². The lowest BCUT2D eigenvalue weighted by molar-refractivity contribution is -0.124. The number of fused-ring (bicyclic) bond motifs is 1. The number of sulfonamides is 1. The summed E-state index contributed by atoms with van der Waals surface area (Å²) in [6, 6.07) is 4.76. The van der Waals surface area contributed by atoms with Crippen LogP contribution in [0.2, 0.25) is 0 Å². The Morgan fingerprint density at radius 2 is 1.89 bits per heavy atom. The van der Waals surface area contributed by atoms with Gasteiger partial charge in [-0.2, -0.15) is 4.31 Å². The predicted octanol–water partition coefficient (Wildman–Crippen LogP) is 2.06. The average Bonchev–Trinajstić information content (AvgIpc) is 3.20. The molecule has 1 aromatic carbocycles. The topological polar surface area (TPSA) is 83.7 Å². The van der Waals surface area contributed by atoms with Crippen LogP contribution in [-0.2, 0) is 14.8 Å². The molecular formula is C20H30FN3O3S. The molecule has 1 saturated heterocycles. The number of carbonyl (C=O) groups is 1. The van der Waals surface area contributed by atoms with Gasteiger partial charge < -0.3 is 5.73 Å². The highest BCUT2D eigenvalue weighted by Crippen LogP contribution is 2.42. The van der Waals surface area contributed by atoms with Crippen LogP contribution in [0.25, 0.3) is 0 Å². The van der Waals surface area contributed by atoms with E-state index in [0.29, 0.717) is 25.4 Å². The maximum Gasteiger partial charge on any atom is 0.243 e. The molecule has 6 nitrogen and oxygen atoms in total. The second kappa shape index (κ2) is 8.08. The summed E-state index contributed by atoms with van der Waals surface area (Å²) in [5, 5.41) is 0. The van der Waals surface area contributed by atoms with Crippen molar-refractivity contribution in [1.29, 1.82) is 0 Å². The first-order valence-electron chi connectivity index (χ1n) is 9.88. The van der Waals surface area contributed by atoms with Crippen molar-refractivity contribution in [3.05, 3.63) is 30.1 Å². The third-order valence-corrected chi connectivity index (χ3v) is 8.12. The zero-order chi connectivity index (χ0) is 20.6. The van der Waals surface area contributed by atoms with E-state index in [4.69, 9.17) is 5.73 Å². The van der Waals surface area contributed by atoms with Gasteiger partial charge in [0.2, 0.25) is 15.9 Å². The van der Waals surface area contributed by atoms with Crippen molar-refractivity contribution in [3.63, 3.8) is 0 Å². The summed E-state index contributed by atoms with van der Waals surface area (Å²) in [5.74, 6) is 0.00980. The van der Waals surface area contributed by atoms with Crippen LogP contribution in [0.15, 0.2) is 29.2 Å². The molecule has 2 N–H and O–H groups in total. The smallest absolute Gasteiger partial charge is 0.243 e. The van der Waals surface area contributed by atoms with Crippen molar-refractivity contribution in [2.45, 2.75) is 50.1 Å². The number of halogens is 1. The minimum absolute atomic E-state index is 0.119. The van der Waals surface area contributed by atoms with Gasteiger partial charge in [-0.25, -0.2) is 12.8 Å². The largest absolute Gasteiger partial charge is 0.368 e. The van der Waals surface area contributed by atoms with E-state index in [1.807, 2.05) is 7.05 Å². The average molecular weight is 412 g/mol. The monoisotopic (exact) mass is 411 g/mol. The first-order chi connectivity index (χ1) is 13.1. The van der Waals surface area contributed by atoms with E-state index in [-0.39, 0.29) is 34.7 Å². The molecule has 3 rings (SSSR count). The molecule has 1 amide bonds. The summed E-state index contributed by atoms with van der Waals surface area (Å²) in [7, 11) is -1.71. The molecular weight excluding hydrogens is 381 g/mol. The lowest BCUT2D eigenvalue weighted by Crippen LogP contribution is -2.50. The minimum Gasteiger partial charge on any atom is -0.368 e. The van der Waals surface area contributed by atoms with E-state index in [0.717, 1.165) is 12.8 Å². The molecule has 156 valence electrons. The van der Waals surface area contributed by atoms with Crippen molar-refractivity contribution >= 4 is 15.9 Å². The normalized spacial score (nSPS) is 26.7. The fourth-order valence-electron chi connectivity index (χ4n) is 4.81. The highest BCUT2D eigenvalue weighted by Gasteiger charge is 2.48. The maximum atomic E-state index is 13.2. The maximum absolute atomic E-state index is 13.2. The Bertz CT molecular complexity index is 812. The molecule has 1 saturated carbocycles. The first-order valence-corrected chi connectivity index (χ1v) is 11.3. The van der Waals surface area contributed by atoms with Gasteiger partial charge in [0, 0.05) is 19.1 Å². The summed E-state index contributed by atoms with van der Waals surface area (Å²) in [6.45, 7) is 5.02. The van der Waals surface area contributed by atoms with Gasteiger partial charge in [0.15, 0.2) is 0 Å². The zero-order valence-electron chi connectivity index (χ0n) is 16.7. The van der Waals surface area contributed by atoms with E-state index in [2.05, 4.69) is 18.7 Å². The molecule has 0 radical (unpaired) electrons. The van der Waals surface area contributed by atoms with Gasteiger partial charge in [-0.3, -0.25) is 9.69 Å². The molecule has 2 fully saturated rings. The summed E-state index contributed by atoms with van der Waals surface area (Å²) < 4.78 is 40.6. The number of primary amides is 1. The quantitative estimate of drug-likeness (QED) is 0.744. The van der Waals surface area contributed by atoms with Crippen LogP contribution in [0.1, 0.15) is 33.1 Å². The number of nitrogens with two attached hydrogens (primary N) is 1. The Balaban J connectivity index is 1.76. The molecule has 28 heavy (non-hydrogen) atoms. The molecule has 0 aromatic heterocycles. The number of amides is 1. The van der Waals surface area contributed by atoms with Gasteiger partial charge in [0.05, 0.1) is 10.9 Å². The standard InChI is InChI=1S/C20H30FN3O3S/c1-13(2)10-19(20(22)25)23(3)18-9-4-14-11-24(12-17(14)18)28(26,27)16-7-5-15(21)6-8-16/h5-8,13-14,17-19H,4,9-12H2,1-3H3,(H2,22,25)/t14-,17+,18+,19-/m0/s1. The van der Waals surface area contributed by atoms with Crippen molar-refractivity contribution in [2.75, 3.05) is 20.1 Å². The molecule has 2 aliphatic rings. The third-order valence-electron chi connectivity index (χ3n) is 6.27. The fraction of sp³-hybridized carbons (Fsp3) is 0.650. The van der Waals surface area contributed by atoms with Gasteiger partial charge >= 0.3 is 0 Å². The number of nitrogens with zero attached hydrogens (tertiary/aromatic N) is 2. The molecule has 1 aromatic rings. The van der Waals surface area contributed by atoms with Gasteiger partial charge in [0.1, 0.15) is 5.82 Å². The van der Waals surface area contributed by atoms with E-state index < -0.39 is 15.8 Å². The molecule has 0 unspecified atom stereocenters. The van der Waals surface area contributed by atoms with Crippen molar-refractivity contribution in [1.82, 2.24) is 9.21 Å². The lowest BCUT2D eigenvalue weighted by Gasteiger charge is -2.35. The molecule has 0 bridgehead atoms. The zero-order valence-corrected chi connectivity index (χ0v) is 17.5. The summed E-state index contributed by atoms with van der Waals surface area (Å²) in [5.41, 5.74) is 5.66. The van der Waals surface area contributed by atoms with Gasteiger partial charge in [-0.15, -0.1) is 0 Å². The van der Waals surface area contributed by atoms with Crippen LogP contribution in [0.3, 0.4) is 0 Å². The molecule has 1 aliphatic carbocycles. The van der Waals surface area contributed by atoms with Gasteiger partial charge in [-0.1, -0.05) is 13.8 Å².